The Balaban J connectivity index is 1.87. The van der Waals surface area contributed by atoms with Crippen LogP contribution in [0.1, 0.15) is 55.1 Å². The van der Waals surface area contributed by atoms with Crippen LogP contribution in [-0.2, 0) is 6.42 Å². The van der Waals surface area contributed by atoms with Crippen LogP contribution in [-0.4, -0.2) is 35.4 Å². The van der Waals surface area contributed by atoms with Gasteiger partial charge in [0.05, 0.1) is 0 Å². The fraction of sp³-hybridized carbons (Fsp3) is 0.647. The molecule has 2 unspecified atom stereocenters. The van der Waals surface area contributed by atoms with E-state index < -0.39 is 0 Å². The number of nitrogens with zero attached hydrogens (tertiary/aromatic N) is 2. The van der Waals surface area contributed by atoms with Gasteiger partial charge in [-0.05, 0) is 50.2 Å². The van der Waals surface area contributed by atoms with Gasteiger partial charge in [0.1, 0.15) is 5.82 Å². The molecule has 4 heteroatoms. The molecule has 4 nitrogen and oxygen atoms in total. The molecule has 114 valence electrons. The van der Waals surface area contributed by atoms with Crippen molar-refractivity contribution < 1.29 is 4.79 Å². The molecule has 1 amide bonds. The molecule has 2 heterocycles. The number of hydrogen-bond acceptors (Lipinski definition) is 3. The first-order valence-electron chi connectivity index (χ1n) is 8.22. The molecule has 1 aliphatic carbocycles. The van der Waals surface area contributed by atoms with Gasteiger partial charge in [-0.25, -0.2) is 4.98 Å². The molecule has 2 fully saturated rings. The van der Waals surface area contributed by atoms with Gasteiger partial charge in [0.15, 0.2) is 0 Å². The minimum Gasteiger partial charge on any atom is -0.373 e. The van der Waals surface area contributed by atoms with Crippen LogP contribution in [0.15, 0.2) is 12.1 Å². The number of pyridine rings is 1. The Kier molecular flexibility index (Phi) is 4.13. The van der Waals surface area contributed by atoms with Gasteiger partial charge in [-0.1, -0.05) is 13.3 Å². The second-order valence-electron chi connectivity index (χ2n) is 6.24. The van der Waals surface area contributed by atoms with Gasteiger partial charge in [0.25, 0.3) is 5.91 Å². The third kappa shape index (κ3) is 2.76. The Morgan fingerprint density at radius 2 is 2.14 bits per heavy atom. The summed E-state index contributed by atoms with van der Waals surface area (Å²) in [5, 5.41) is 3.06. The minimum atomic E-state index is 0.195. The van der Waals surface area contributed by atoms with Crippen molar-refractivity contribution in [3.8, 4) is 0 Å². The van der Waals surface area contributed by atoms with E-state index in [1.165, 1.54) is 25.7 Å². The maximum absolute atomic E-state index is 12.9. The molecule has 1 aromatic heterocycles. The highest BCUT2D eigenvalue weighted by molar-refractivity contribution is 5.95. The number of piperidine rings is 1. The van der Waals surface area contributed by atoms with Gasteiger partial charge in [0.2, 0.25) is 0 Å². The van der Waals surface area contributed by atoms with E-state index in [1.54, 1.807) is 0 Å². The number of aromatic nitrogens is 1. The van der Waals surface area contributed by atoms with E-state index in [2.05, 4.69) is 22.1 Å². The second-order valence-corrected chi connectivity index (χ2v) is 6.24. The summed E-state index contributed by atoms with van der Waals surface area (Å²) in [6.45, 7) is 2.99. The number of nitrogens with one attached hydrogen (secondary N) is 1. The summed E-state index contributed by atoms with van der Waals surface area (Å²) in [6.07, 6.45) is 7.05. The summed E-state index contributed by atoms with van der Waals surface area (Å²) in [5.41, 5.74) is 1.77. The van der Waals surface area contributed by atoms with E-state index in [0.29, 0.717) is 6.04 Å². The second kappa shape index (κ2) is 6.04. The van der Waals surface area contributed by atoms with Gasteiger partial charge in [-0.15, -0.1) is 0 Å². The summed E-state index contributed by atoms with van der Waals surface area (Å²) in [6, 6.07) is 4.32. The highest BCUT2D eigenvalue weighted by atomic mass is 16.2. The van der Waals surface area contributed by atoms with Gasteiger partial charge in [-0.2, -0.15) is 0 Å². The Labute approximate surface area is 126 Å². The summed E-state index contributed by atoms with van der Waals surface area (Å²) >= 11 is 0. The highest BCUT2D eigenvalue weighted by Crippen LogP contribution is 2.37. The first-order valence-corrected chi connectivity index (χ1v) is 8.22. The molecule has 2 atom stereocenters. The number of amides is 1. The van der Waals surface area contributed by atoms with Crippen molar-refractivity contribution >= 4 is 11.7 Å². The van der Waals surface area contributed by atoms with E-state index in [4.69, 9.17) is 0 Å². The lowest BCUT2D eigenvalue weighted by atomic mass is 9.91. The zero-order valence-corrected chi connectivity index (χ0v) is 13.1. The number of rotatable bonds is 3. The molecular formula is C17H25N3O. The van der Waals surface area contributed by atoms with E-state index in [1.807, 2.05) is 19.2 Å². The standard InChI is InChI=1S/C17H25N3O/c1-3-14-10-13(11-16(18-2)19-14)17(21)20-9-5-7-12-6-4-8-15(12)20/h10-12,15H,3-9H2,1-2H3,(H,18,19). The number of anilines is 1. The number of carbonyl (C=O) groups excluding carboxylic acids is 1. The molecule has 1 saturated carbocycles. The molecule has 1 aliphatic heterocycles. The molecule has 2 aliphatic rings. The van der Waals surface area contributed by atoms with E-state index in [9.17, 15) is 4.79 Å². The van der Waals surface area contributed by atoms with Crippen LogP contribution >= 0.6 is 0 Å². The maximum Gasteiger partial charge on any atom is 0.254 e. The number of likely N-dealkylation sites (tertiary alicyclic amines) is 1. The van der Waals surface area contributed by atoms with Crippen LogP contribution in [0.2, 0.25) is 0 Å². The number of fused-ring (bicyclic) bond motifs is 1. The summed E-state index contributed by atoms with van der Waals surface area (Å²) < 4.78 is 0. The average Bonchev–Trinajstić information content (AvgIpc) is 3.02. The van der Waals surface area contributed by atoms with Crippen molar-refractivity contribution in [1.29, 1.82) is 0 Å². The lowest BCUT2D eigenvalue weighted by Crippen LogP contribution is -2.46. The highest BCUT2D eigenvalue weighted by Gasteiger charge is 2.37. The SMILES string of the molecule is CCc1cc(C(=O)N2CCCC3CCCC32)cc(NC)n1. The van der Waals surface area contributed by atoms with Gasteiger partial charge >= 0.3 is 0 Å². The smallest absolute Gasteiger partial charge is 0.254 e. The molecule has 0 bridgehead atoms. The van der Waals surface area contributed by atoms with Crippen molar-refractivity contribution in [2.75, 3.05) is 18.9 Å². The van der Waals surface area contributed by atoms with Crippen molar-refractivity contribution in [2.24, 2.45) is 5.92 Å². The van der Waals surface area contributed by atoms with Gasteiger partial charge in [-0.3, -0.25) is 4.79 Å². The predicted octanol–water partition coefficient (Wildman–Crippen LogP) is 3.09. The maximum atomic E-state index is 12.9. The van der Waals surface area contributed by atoms with Crippen LogP contribution in [0.25, 0.3) is 0 Å². The van der Waals surface area contributed by atoms with Crippen LogP contribution in [0.3, 0.4) is 0 Å². The number of hydrogen-bond donors (Lipinski definition) is 1. The van der Waals surface area contributed by atoms with Gasteiger partial charge < -0.3 is 10.2 Å². The van der Waals surface area contributed by atoms with Crippen LogP contribution in [0.4, 0.5) is 5.82 Å². The molecule has 1 aromatic rings. The first kappa shape index (κ1) is 14.4. The predicted molar refractivity (Wildman–Crippen MR) is 84.6 cm³/mol. The topological polar surface area (TPSA) is 45.2 Å². The van der Waals surface area contributed by atoms with E-state index >= 15 is 0 Å². The van der Waals surface area contributed by atoms with Crippen LogP contribution in [0.5, 0.6) is 0 Å². The van der Waals surface area contributed by atoms with Crippen molar-refractivity contribution in [3.63, 3.8) is 0 Å². The van der Waals surface area contributed by atoms with Crippen LogP contribution in [0, 0.1) is 5.92 Å². The largest absolute Gasteiger partial charge is 0.373 e. The van der Waals surface area contributed by atoms with Gasteiger partial charge in [0, 0.05) is 30.9 Å². The lowest BCUT2D eigenvalue weighted by Gasteiger charge is -2.38. The summed E-state index contributed by atoms with van der Waals surface area (Å²) in [4.78, 5) is 19.6. The molecule has 3 rings (SSSR count). The van der Waals surface area contributed by atoms with E-state index in [-0.39, 0.29) is 5.91 Å². The third-order valence-corrected chi connectivity index (χ3v) is 5.00. The first-order chi connectivity index (χ1) is 10.2. The zero-order chi connectivity index (χ0) is 14.8. The molecule has 1 saturated heterocycles. The fourth-order valence-electron chi connectivity index (χ4n) is 3.89. The molecule has 0 spiro atoms. The normalized spacial score (nSPS) is 24.8. The average molecular weight is 287 g/mol. The minimum absolute atomic E-state index is 0.195. The lowest BCUT2D eigenvalue weighted by molar-refractivity contribution is 0.0548. The molecule has 1 N–H and O–H groups in total. The van der Waals surface area contributed by atoms with Crippen molar-refractivity contribution in [3.05, 3.63) is 23.4 Å². The van der Waals surface area contributed by atoms with Crippen LogP contribution < -0.4 is 5.32 Å². The number of carbonyl (C=O) groups is 1. The summed E-state index contributed by atoms with van der Waals surface area (Å²) in [7, 11) is 1.85. The molecule has 21 heavy (non-hydrogen) atoms. The number of aryl methyl sites for hydroxylation is 1. The Morgan fingerprint density at radius 3 is 2.90 bits per heavy atom. The molecule has 0 radical (unpaired) electrons. The van der Waals surface area contributed by atoms with E-state index in [0.717, 1.165) is 42.4 Å². The monoisotopic (exact) mass is 287 g/mol. The molecular weight excluding hydrogens is 262 g/mol. The Morgan fingerprint density at radius 1 is 1.33 bits per heavy atom. The zero-order valence-electron chi connectivity index (χ0n) is 13.1. The molecule has 0 aromatic carbocycles. The summed E-state index contributed by atoms with van der Waals surface area (Å²) in [5.74, 6) is 1.72. The fourth-order valence-corrected chi connectivity index (χ4v) is 3.89. The van der Waals surface area contributed by atoms with Crippen molar-refractivity contribution in [1.82, 2.24) is 9.88 Å². The Bertz CT molecular complexity index is 507. The Hall–Kier alpha value is -1.58. The third-order valence-electron chi connectivity index (χ3n) is 5.00. The van der Waals surface area contributed by atoms with Crippen molar-refractivity contribution in [2.45, 2.75) is 51.5 Å². The quantitative estimate of drug-likeness (QED) is 0.929.